The molecule has 1 aliphatic rings. The van der Waals surface area contributed by atoms with Crippen molar-refractivity contribution in [3.8, 4) is 0 Å². The lowest BCUT2D eigenvalue weighted by molar-refractivity contribution is -0.137. The fourth-order valence-corrected chi connectivity index (χ4v) is 3.03. The molecular weight excluding hydrogens is 363 g/mol. The highest BCUT2D eigenvalue weighted by atomic mass is 35.5. The standard InChI is InChI=1S/C17H16Cl2N4O2/c1-2-16(24)22-8-12(9-22)17(25)21-15-5-6-20-23(15)10-11-3-4-13(18)7-14(11)19/h2-7,12H,1,8-10H2,(H,21,25). The van der Waals surface area contributed by atoms with E-state index in [-0.39, 0.29) is 17.7 Å². The van der Waals surface area contributed by atoms with Gasteiger partial charge in [0.05, 0.1) is 18.7 Å². The van der Waals surface area contributed by atoms with Crippen molar-refractivity contribution in [2.24, 2.45) is 5.92 Å². The van der Waals surface area contributed by atoms with E-state index < -0.39 is 0 Å². The van der Waals surface area contributed by atoms with Crippen LogP contribution in [-0.4, -0.2) is 39.6 Å². The first kappa shape index (κ1) is 17.5. The van der Waals surface area contributed by atoms with Gasteiger partial charge in [0, 0.05) is 29.2 Å². The average Bonchev–Trinajstić information content (AvgIpc) is 2.95. The summed E-state index contributed by atoms with van der Waals surface area (Å²) in [5.74, 6) is 0.0411. The van der Waals surface area contributed by atoms with E-state index >= 15 is 0 Å². The van der Waals surface area contributed by atoms with Crippen LogP contribution in [0.5, 0.6) is 0 Å². The van der Waals surface area contributed by atoms with Crippen LogP contribution in [0.4, 0.5) is 5.82 Å². The normalized spacial score (nSPS) is 14.1. The lowest BCUT2D eigenvalue weighted by Crippen LogP contribution is -2.54. The highest BCUT2D eigenvalue weighted by molar-refractivity contribution is 6.35. The Kier molecular flexibility index (Phi) is 5.11. The molecule has 130 valence electrons. The number of benzene rings is 1. The van der Waals surface area contributed by atoms with Crippen molar-refractivity contribution in [1.29, 1.82) is 0 Å². The third-order valence-electron chi connectivity index (χ3n) is 4.04. The van der Waals surface area contributed by atoms with Gasteiger partial charge in [-0.25, -0.2) is 4.68 Å². The summed E-state index contributed by atoms with van der Waals surface area (Å²) in [5, 5.41) is 8.17. The van der Waals surface area contributed by atoms with Gasteiger partial charge in [-0.1, -0.05) is 35.8 Å². The molecule has 2 heterocycles. The van der Waals surface area contributed by atoms with Crippen molar-refractivity contribution in [3.05, 3.63) is 58.7 Å². The third-order valence-corrected chi connectivity index (χ3v) is 4.63. The van der Waals surface area contributed by atoms with E-state index in [0.717, 1.165) is 5.56 Å². The first-order valence-electron chi connectivity index (χ1n) is 7.66. The highest BCUT2D eigenvalue weighted by Crippen LogP contribution is 2.23. The van der Waals surface area contributed by atoms with Crippen molar-refractivity contribution in [2.45, 2.75) is 6.54 Å². The Morgan fingerprint density at radius 2 is 2.08 bits per heavy atom. The van der Waals surface area contributed by atoms with Gasteiger partial charge < -0.3 is 10.2 Å². The molecular formula is C17H16Cl2N4O2. The largest absolute Gasteiger partial charge is 0.337 e. The molecule has 3 rings (SSSR count). The zero-order chi connectivity index (χ0) is 18.0. The summed E-state index contributed by atoms with van der Waals surface area (Å²) in [5.41, 5.74) is 0.844. The summed E-state index contributed by atoms with van der Waals surface area (Å²) in [6, 6.07) is 6.96. The van der Waals surface area contributed by atoms with Crippen molar-refractivity contribution < 1.29 is 9.59 Å². The van der Waals surface area contributed by atoms with Crippen molar-refractivity contribution >= 4 is 40.8 Å². The quantitative estimate of drug-likeness (QED) is 0.813. The molecule has 0 spiro atoms. The van der Waals surface area contributed by atoms with Crippen LogP contribution in [0.15, 0.2) is 43.1 Å². The molecule has 1 fully saturated rings. The molecule has 6 nitrogen and oxygen atoms in total. The van der Waals surface area contributed by atoms with E-state index in [0.29, 0.717) is 35.5 Å². The van der Waals surface area contributed by atoms with E-state index in [1.54, 1.807) is 34.0 Å². The number of nitrogens with zero attached hydrogens (tertiary/aromatic N) is 3. The first-order valence-corrected chi connectivity index (χ1v) is 8.41. The number of anilines is 1. The molecule has 1 aromatic heterocycles. The second-order valence-electron chi connectivity index (χ2n) is 5.74. The van der Waals surface area contributed by atoms with Gasteiger partial charge >= 0.3 is 0 Å². The van der Waals surface area contributed by atoms with Crippen LogP contribution in [0.2, 0.25) is 10.0 Å². The Morgan fingerprint density at radius 3 is 2.76 bits per heavy atom. The van der Waals surface area contributed by atoms with Gasteiger partial charge in [0.25, 0.3) is 0 Å². The smallest absolute Gasteiger partial charge is 0.246 e. The summed E-state index contributed by atoms with van der Waals surface area (Å²) in [6.45, 7) is 4.64. The number of halogens is 2. The summed E-state index contributed by atoms with van der Waals surface area (Å²) >= 11 is 12.1. The Morgan fingerprint density at radius 1 is 1.32 bits per heavy atom. The molecule has 1 aromatic carbocycles. The van der Waals surface area contributed by atoms with Crippen LogP contribution in [-0.2, 0) is 16.1 Å². The van der Waals surface area contributed by atoms with Crippen molar-refractivity contribution in [2.75, 3.05) is 18.4 Å². The van der Waals surface area contributed by atoms with Crippen molar-refractivity contribution in [3.63, 3.8) is 0 Å². The molecule has 0 radical (unpaired) electrons. The van der Waals surface area contributed by atoms with E-state index in [2.05, 4.69) is 17.0 Å². The molecule has 2 amide bonds. The molecule has 1 saturated heterocycles. The second kappa shape index (κ2) is 7.29. The zero-order valence-corrected chi connectivity index (χ0v) is 14.8. The Hall–Kier alpha value is -2.31. The van der Waals surface area contributed by atoms with E-state index in [1.807, 2.05) is 6.07 Å². The fraction of sp³-hybridized carbons (Fsp3) is 0.235. The fourth-order valence-electron chi connectivity index (χ4n) is 2.56. The highest BCUT2D eigenvalue weighted by Gasteiger charge is 2.34. The van der Waals surface area contributed by atoms with Crippen LogP contribution in [0, 0.1) is 5.92 Å². The average molecular weight is 379 g/mol. The molecule has 0 saturated carbocycles. The SMILES string of the molecule is C=CC(=O)N1CC(C(=O)Nc2ccnn2Cc2ccc(Cl)cc2Cl)C1. The number of nitrogens with one attached hydrogen (secondary N) is 1. The maximum atomic E-state index is 12.3. The topological polar surface area (TPSA) is 67.2 Å². The molecule has 0 unspecified atom stereocenters. The van der Waals surface area contributed by atoms with Gasteiger partial charge in [0.15, 0.2) is 0 Å². The maximum Gasteiger partial charge on any atom is 0.246 e. The summed E-state index contributed by atoms with van der Waals surface area (Å²) in [7, 11) is 0. The maximum absolute atomic E-state index is 12.3. The predicted octanol–water partition coefficient (Wildman–Crippen LogP) is 2.82. The van der Waals surface area contributed by atoms with Crippen LogP contribution >= 0.6 is 23.2 Å². The van der Waals surface area contributed by atoms with Crippen LogP contribution in [0.3, 0.4) is 0 Å². The third kappa shape index (κ3) is 3.86. The monoisotopic (exact) mass is 378 g/mol. The Labute approximate surface area is 155 Å². The van der Waals surface area contributed by atoms with Gasteiger partial charge in [-0.2, -0.15) is 5.10 Å². The number of rotatable bonds is 5. The summed E-state index contributed by atoms with van der Waals surface area (Å²) in [4.78, 5) is 25.3. The van der Waals surface area contributed by atoms with Crippen molar-refractivity contribution in [1.82, 2.24) is 14.7 Å². The minimum atomic E-state index is -0.230. The number of hydrogen-bond donors (Lipinski definition) is 1. The number of likely N-dealkylation sites (tertiary alicyclic amines) is 1. The van der Waals surface area contributed by atoms with E-state index in [4.69, 9.17) is 23.2 Å². The van der Waals surface area contributed by atoms with Gasteiger partial charge in [-0.05, 0) is 23.8 Å². The molecule has 25 heavy (non-hydrogen) atoms. The zero-order valence-electron chi connectivity index (χ0n) is 13.3. The van der Waals surface area contributed by atoms with E-state index in [1.165, 1.54) is 6.08 Å². The van der Waals surface area contributed by atoms with Gasteiger partial charge in [-0.3, -0.25) is 9.59 Å². The number of carbonyl (C=O) groups excluding carboxylic acids is 2. The first-order chi connectivity index (χ1) is 12.0. The number of amides is 2. The lowest BCUT2D eigenvalue weighted by Gasteiger charge is -2.37. The number of carbonyl (C=O) groups is 2. The molecule has 8 heteroatoms. The van der Waals surface area contributed by atoms with E-state index in [9.17, 15) is 9.59 Å². The summed E-state index contributed by atoms with van der Waals surface area (Å²) in [6.07, 6.45) is 2.85. The van der Waals surface area contributed by atoms with Crippen LogP contribution in [0.25, 0.3) is 0 Å². The van der Waals surface area contributed by atoms with Gasteiger partial charge in [0.1, 0.15) is 5.82 Å². The van der Waals surface area contributed by atoms with Crippen LogP contribution in [0.1, 0.15) is 5.56 Å². The summed E-state index contributed by atoms with van der Waals surface area (Å²) < 4.78 is 1.65. The molecule has 1 aliphatic heterocycles. The Balaban J connectivity index is 1.63. The predicted molar refractivity (Wildman–Crippen MR) is 96.7 cm³/mol. The van der Waals surface area contributed by atoms with Gasteiger partial charge in [-0.15, -0.1) is 0 Å². The molecule has 2 aromatic rings. The molecule has 0 atom stereocenters. The molecule has 1 N–H and O–H groups in total. The lowest BCUT2D eigenvalue weighted by atomic mass is 9.99. The minimum absolute atomic E-state index is 0.142. The van der Waals surface area contributed by atoms with Crippen LogP contribution < -0.4 is 5.32 Å². The Bertz CT molecular complexity index is 828. The number of hydrogen-bond acceptors (Lipinski definition) is 3. The molecule has 0 aliphatic carbocycles. The molecule has 0 bridgehead atoms. The second-order valence-corrected chi connectivity index (χ2v) is 6.59. The minimum Gasteiger partial charge on any atom is -0.337 e. The van der Waals surface area contributed by atoms with Gasteiger partial charge in [0.2, 0.25) is 11.8 Å². The number of aromatic nitrogens is 2.